The fourth-order valence-corrected chi connectivity index (χ4v) is 2.52. The van der Waals surface area contributed by atoms with Crippen LogP contribution in [0, 0.1) is 0 Å². The van der Waals surface area contributed by atoms with Crippen molar-refractivity contribution in [1.82, 2.24) is 4.90 Å². The summed E-state index contributed by atoms with van der Waals surface area (Å²) in [6, 6.07) is 1.21. The summed E-state index contributed by atoms with van der Waals surface area (Å²) in [6.45, 7) is 13.6. The second-order valence-electron chi connectivity index (χ2n) is 4.64. The molecule has 1 nitrogen and oxygen atoms in total. The summed E-state index contributed by atoms with van der Waals surface area (Å²) in [6.07, 6.45) is 11.2. The highest BCUT2D eigenvalue weighted by atomic mass is 15.2. The number of hydrogen-bond donors (Lipinski definition) is 0. The maximum Gasteiger partial charge on any atom is 0.0316 e. The van der Waals surface area contributed by atoms with E-state index in [-0.39, 0.29) is 0 Å². The number of rotatable bonds is 5. The van der Waals surface area contributed by atoms with Crippen LogP contribution < -0.4 is 0 Å². The Morgan fingerprint density at radius 2 is 2.25 bits per heavy atom. The van der Waals surface area contributed by atoms with Crippen molar-refractivity contribution < 1.29 is 0 Å². The number of piperidine rings is 1. The lowest BCUT2D eigenvalue weighted by Crippen LogP contribution is -2.45. The smallest absolute Gasteiger partial charge is 0.0316 e. The Bertz CT molecular complexity index is 265. The fraction of sp³-hybridized carbons (Fsp3) is 0.600. The van der Waals surface area contributed by atoms with Gasteiger partial charge in [-0.2, -0.15) is 0 Å². The van der Waals surface area contributed by atoms with Gasteiger partial charge < -0.3 is 0 Å². The molecule has 1 aliphatic heterocycles. The molecule has 1 rings (SSSR count). The predicted molar refractivity (Wildman–Crippen MR) is 72.6 cm³/mol. The van der Waals surface area contributed by atoms with Crippen LogP contribution in [0.3, 0.4) is 0 Å². The first-order chi connectivity index (χ1) is 7.70. The van der Waals surface area contributed by atoms with Crippen molar-refractivity contribution in [3.8, 4) is 0 Å². The maximum atomic E-state index is 4.16. The molecule has 1 fully saturated rings. The molecule has 0 saturated carbocycles. The van der Waals surface area contributed by atoms with E-state index in [1.165, 1.54) is 37.8 Å². The van der Waals surface area contributed by atoms with E-state index in [9.17, 15) is 0 Å². The average Bonchev–Trinajstić information content (AvgIpc) is 2.34. The van der Waals surface area contributed by atoms with Crippen molar-refractivity contribution in [3.63, 3.8) is 0 Å². The molecule has 0 aromatic carbocycles. The molecule has 1 heteroatoms. The van der Waals surface area contributed by atoms with E-state index in [1.807, 2.05) is 12.2 Å². The van der Waals surface area contributed by atoms with Crippen molar-refractivity contribution in [2.75, 3.05) is 6.54 Å². The summed E-state index contributed by atoms with van der Waals surface area (Å²) in [5.41, 5.74) is 1.19. The highest BCUT2D eigenvalue weighted by Crippen LogP contribution is 2.24. The molecule has 16 heavy (non-hydrogen) atoms. The number of likely N-dealkylation sites (tertiary alicyclic amines) is 1. The van der Waals surface area contributed by atoms with Crippen LogP contribution in [0.2, 0.25) is 0 Å². The summed E-state index contributed by atoms with van der Waals surface area (Å²) in [4.78, 5) is 2.61. The van der Waals surface area contributed by atoms with E-state index < -0.39 is 0 Å². The zero-order valence-electron chi connectivity index (χ0n) is 10.8. The van der Waals surface area contributed by atoms with E-state index >= 15 is 0 Å². The predicted octanol–water partition coefficient (Wildman–Crippen LogP) is 3.94. The normalized spacial score (nSPS) is 24.5. The van der Waals surface area contributed by atoms with E-state index in [4.69, 9.17) is 0 Å². The standard InChI is InChI=1S/C15H25N/c1-5-7-10-13(3)14(4)16-12-9-8-11-15(16)6-2/h5,7,10,14-15H,1,3,6,8-9,11-12H2,2,4H3/b10-7-. The van der Waals surface area contributed by atoms with Gasteiger partial charge in [0.2, 0.25) is 0 Å². The molecule has 0 amide bonds. The van der Waals surface area contributed by atoms with Gasteiger partial charge >= 0.3 is 0 Å². The van der Waals surface area contributed by atoms with Crippen LogP contribution in [-0.2, 0) is 0 Å². The van der Waals surface area contributed by atoms with Gasteiger partial charge in [-0.25, -0.2) is 0 Å². The summed E-state index contributed by atoms with van der Waals surface area (Å²) in [5, 5.41) is 0. The van der Waals surface area contributed by atoms with Crippen molar-refractivity contribution in [3.05, 3.63) is 37.0 Å². The Labute approximate surface area is 101 Å². The van der Waals surface area contributed by atoms with Gasteiger partial charge in [0.05, 0.1) is 0 Å². The lowest BCUT2D eigenvalue weighted by molar-refractivity contribution is 0.118. The SMILES string of the molecule is C=C/C=C\C(=C)C(C)N1CCCCC1CC. The second kappa shape index (κ2) is 6.70. The Kier molecular flexibility index (Phi) is 5.54. The minimum atomic E-state index is 0.460. The van der Waals surface area contributed by atoms with Gasteiger partial charge in [-0.05, 0) is 38.3 Å². The van der Waals surface area contributed by atoms with Crippen molar-refractivity contribution in [1.29, 1.82) is 0 Å². The zero-order chi connectivity index (χ0) is 12.0. The first kappa shape index (κ1) is 13.2. The third-order valence-electron chi connectivity index (χ3n) is 3.62. The lowest BCUT2D eigenvalue weighted by atomic mass is 9.96. The third kappa shape index (κ3) is 3.34. The van der Waals surface area contributed by atoms with Gasteiger partial charge in [0.1, 0.15) is 0 Å². The molecule has 1 heterocycles. The highest BCUT2D eigenvalue weighted by Gasteiger charge is 2.25. The Morgan fingerprint density at radius 1 is 1.50 bits per heavy atom. The van der Waals surface area contributed by atoms with Crippen LogP contribution in [0.4, 0.5) is 0 Å². The number of hydrogen-bond acceptors (Lipinski definition) is 1. The Morgan fingerprint density at radius 3 is 2.88 bits per heavy atom. The van der Waals surface area contributed by atoms with Gasteiger partial charge in [-0.15, -0.1) is 0 Å². The Hall–Kier alpha value is -0.820. The zero-order valence-corrected chi connectivity index (χ0v) is 10.8. The van der Waals surface area contributed by atoms with Crippen LogP contribution in [0.5, 0.6) is 0 Å². The topological polar surface area (TPSA) is 3.24 Å². The van der Waals surface area contributed by atoms with Crippen LogP contribution in [0.1, 0.15) is 39.5 Å². The monoisotopic (exact) mass is 219 g/mol. The first-order valence-electron chi connectivity index (χ1n) is 6.44. The average molecular weight is 219 g/mol. The molecule has 2 unspecified atom stereocenters. The van der Waals surface area contributed by atoms with Crippen LogP contribution in [0.15, 0.2) is 37.0 Å². The van der Waals surface area contributed by atoms with E-state index in [0.29, 0.717) is 6.04 Å². The summed E-state index contributed by atoms with van der Waals surface area (Å²) in [5.74, 6) is 0. The molecule has 0 aromatic heterocycles. The molecule has 0 N–H and O–H groups in total. The summed E-state index contributed by atoms with van der Waals surface area (Å²) < 4.78 is 0. The molecular weight excluding hydrogens is 194 g/mol. The van der Waals surface area contributed by atoms with E-state index in [1.54, 1.807) is 0 Å². The fourth-order valence-electron chi connectivity index (χ4n) is 2.52. The lowest BCUT2D eigenvalue weighted by Gasteiger charge is -2.40. The van der Waals surface area contributed by atoms with Gasteiger partial charge in [0.15, 0.2) is 0 Å². The maximum absolute atomic E-state index is 4.16. The van der Waals surface area contributed by atoms with Gasteiger partial charge in [-0.1, -0.05) is 44.7 Å². The van der Waals surface area contributed by atoms with Crippen LogP contribution in [-0.4, -0.2) is 23.5 Å². The van der Waals surface area contributed by atoms with Gasteiger partial charge in [0.25, 0.3) is 0 Å². The second-order valence-corrected chi connectivity index (χ2v) is 4.64. The Balaban J connectivity index is 2.62. The summed E-state index contributed by atoms with van der Waals surface area (Å²) >= 11 is 0. The van der Waals surface area contributed by atoms with Gasteiger partial charge in [0, 0.05) is 12.1 Å². The molecule has 90 valence electrons. The molecule has 0 aromatic rings. The quantitative estimate of drug-likeness (QED) is 0.633. The molecule has 1 saturated heterocycles. The first-order valence-corrected chi connectivity index (χ1v) is 6.44. The van der Waals surface area contributed by atoms with E-state index in [0.717, 1.165) is 6.04 Å². The molecule has 2 atom stereocenters. The van der Waals surface area contributed by atoms with E-state index in [2.05, 4.69) is 38.0 Å². The molecular formula is C15H25N. The largest absolute Gasteiger partial charge is 0.294 e. The van der Waals surface area contributed by atoms with Gasteiger partial charge in [-0.3, -0.25) is 4.90 Å². The molecule has 0 bridgehead atoms. The van der Waals surface area contributed by atoms with Crippen molar-refractivity contribution in [2.24, 2.45) is 0 Å². The molecule has 0 aliphatic carbocycles. The minimum absolute atomic E-state index is 0.460. The van der Waals surface area contributed by atoms with Crippen LogP contribution >= 0.6 is 0 Å². The number of allylic oxidation sites excluding steroid dienone is 2. The highest BCUT2D eigenvalue weighted by molar-refractivity contribution is 5.23. The van der Waals surface area contributed by atoms with Crippen molar-refractivity contribution >= 4 is 0 Å². The molecule has 0 spiro atoms. The summed E-state index contributed by atoms with van der Waals surface area (Å²) in [7, 11) is 0. The molecule has 0 radical (unpaired) electrons. The molecule has 1 aliphatic rings. The van der Waals surface area contributed by atoms with Crippen LogP contribution in [0.25, 0.3) is 0 Å². The minimum Gasteiger partial charge on any atom is -0.294 e. The van der Waals surface area contributed by atoms with Crippen molar-refractivity contribution in [2.45, 2.75) is 51.6 Å². The number of nitrogens with zero attached hydrogens (tertiary/aromatic N) is 1. The third-order valence-corrected chi connectivity index (χ3v) is 3.62.